The van der Waals surface area contributed by atoms with Gasteiger partial charge in [-0.25, -0.2) is 4.98 Å². The second-order valence-electron chi connectivity index (χ2n) is 8.40. The van der Waals surface area contributed by atoms with Gasteiger partial charge in [-0.2, -0.15) is 9.61 Å². The van der Waals surface area contributed by atoms with E-state index in [-0.39, 0.29) is 18.0 Å². The lowest BCUT2D eigenvalue weighted by atomic mass is 10.1. The molecule has 36 heavy (non-hydrogen) atoms. The number of amides is 2. The van der Waals surface area contributed by atoms with E-state index in [0.717, 1.165) is 16.8 Å². The third kappa shape index (κ3) is 4.09. The van der Waals surface area contributed by atoms with Gasteiger partial charge in [0.05, 0.1) is 22.5 Å². The van der Waals surface area contributed by atoms with Crippen molar-refractivity contribution in [1.82, 2.24) is 35.2 Å². The molecule has 0 aliphatic rings. The highest BCUT2D eigenvalue weighted by molar-refractivity contribution is 5.97. The van der Waals surface area contributed by atoms with Gasteiger partial charge in [-0.3, -0.25) is 19.4 Å². The number of aromatic nitrogens is 5. The fourth-order valence-corrected chi connectivity index (χ4v) is 4.09. The van der Waals surface area contributed by atoms with Crippen LogP contribution in [0, 0.1) is 13.8 Å². The zero-order valence-corrected chi connectivity index (χ0v) is 19.9. The van der Waals surface area contributed by atoms with E-state index in [4.69, 9.17) is 0 Å². The third-order valence-electron chi connectivity index (χ3n) is 5.90. The number of aryl methyl sites for hydroxylation is 2. The summed E-state index contributed by atoms with van der Waals surface area (Å²) < 4.78 is 1.57. The number of hydrogen-bond donors (Lipinski definition) is 3. The summed E-state index contributed by atoms with van der Waals surface area (Å²) in [5.41, 5.74) is 4.81. The smallest absolute Gasteiger partial charge is 0.257 e. The molecule has 3 N–H and O–H groups in total. The predicted molar refractivity (Wildman–Crippen MR) is 135 cm³/mol. The van der Waals surface area contributed by atoms with Crippen LogP contribution in [0.2, 0.25) is 0 Å². The molecule has 10 nitrogen and oxygen atoms in total. The third-order valence-corrected chi connectivity index (χ3v) is 5.90. The molecule has 0 unspecified atom stereocenters. The SMILES string of the molecule is CNC(=O)c1cccc(-c2ccc(CNC(=O)c3c[nH]c4c(c(C)nc5cc(C)nn54)c3=O)cn2)c1. The van der Waals surface area contributed by atoms with Gasteiger partial charge < -0.3 is 15.6 Å². The summed E-state index contributed by atoms with van der Waals surface area (Å²) in [6.45, 7) is 3.77. The number of carbonyl (C=O) groups excluding carboxylic acids is 2. The lowest BCUT2D eigenvalue weighted by Gasteiger charge is -2.09. The Bertz CT molecular complexity index is 1700. The average molecular weight is 482 g/mol. The lowest BCUT2D eigenvalue weighted by Crippen LogP contribution is -2.29. The number of H-pyrrole nitrogens is 1. The Labute approximate surface area is 205 Å². The van der Waals surface area contributed by atoms with Crippen LogP contribution in [0.5, 0.6) is 0 Å². The number of pyridine rings is 2. The Balaban J connectivity index is 1.35. The molecule has 0 atom stereocenters. The molecule has 0 bridgehead atoms. The Morgan fingerprint density at radius 1 is 1.08 bits per heavy atom. The number of carbonyl (C=O) groups is 2. The van der Waals surface area contributed by atoms with Gasteiger partial charge in [0.25, 0.3) is 11.8 Å². The van der Waals surface area contributed by atoms with Crippen LogP contribution < -0.4 is 16.1 Å². The van der Waals surface area contributed by atoms with E-state index in [1.54, 1.807) is 42.9 Å². The first-order valence-corrected chi connectivity index (χ1v) is 11.3. The zero-order valence-electron chi connectivity index (χ0n) is 19.9. The molecule has 0 radical (unpaired) electrons. The molecule has 1 aromatic carbocycles. The summed E-state index contributed by atoms with van der Waals surface area (Å²) in [6.07, 6.45) is 3.05. The minimum atomic E-state index is -0.503. The van der Waals surface area contributed by atoms with Gasteiger partial charge >= 0.3 is 0 Å². The van der Waals surface area contributed by atoms with Crippen LogP contribution in [-0.2, 0) is 6.54 Å². The Morgan fingerprint density at radius 2 is 1.92 bits per heavy atom. The van der Waals surface area contributed by atoms with Crippen molar-refractivity contribution >= 4 is 28.5 Å². The van der Waals surface area contributed by atoms with Crippen molar-refractivity contribution < 1.29 is 9.59 Å². The van der Waals surface area contributed by atoms with Crippen LogP contribution in [0.3, 0.4) is 0 Å². The molecule has 5 rings (SSSR count). The van der Waals surface area contributed by atoms with E-state index < -0.39 is 11.3 Å². The summed E-state index contributed by atoms with van der Waals surface area (Å²) in [5.74, 6) is -0.674. The van der Waals surface area contributed by atoms with E-state index in [2.05, 4.69) is 30.7 Å². The fraction of sp³-hybridized carbons (Fsp3) is 0.154. The summed E-state index contributed by atoms with van der Waals surface area (Å²) in [4.78, 5) is 49.8. The number of nitrogens with zero attached hydrogens (tertiary/aromatic N) is 4. The summed E-state index contributed by atoms with van der Waals surface area (Å²) in [5, 5.41) is 10.1. The molecule has 4 aromatic heterocycles. The number of rotatable bonds is 5. The van der Waals surface area contributed by atoms with Crippen LogP contribution in [0.1, 0.15) is 37.7 Å². The van der Waals surface area contributed by atoms with E-state index in [0.29, 0.717) is 33.6 Å². The molecule has 0 spiro atoms. The van der Waals surface area contributed by atoms with Crippen LogP contribution in [0.4, 0.5) is 0 Å². The molecule has 0 fully saturated rings. The van der Waals surface area contributed by atoms with Gasteiger partial charge in [0.1, 0.15) is 11.2 Å². The first-order valence-electron chi connectivity index (χ1n) is 11.3. The number of aromatic amines is 1. The predicted octanol–water partition coefficient (Wildman–Crippen LogP) is 2.54. The zero-order chi connectivity index (χ0) is 25.4. The van der Waals surface area contributed by atoms with Crippen molar-refractivity contribution in [2.45, 2.75) is 20.4 Å². The van der Waals surface area contributed by atoms with Crippen molar-refractivity contribution in [3.8, 4) is 11.3 Å². The number of nitrogens with one attached hydrogen (secondary N) is 3. The monoisotopic (exact) mass is 481 g/mol. The van der Waals surface area contributed by atoms with E-state index in [1.165, 1.54) is 6.20 Å². The Kier molecular flexibility index (Phi) is 5.77. The second kappa shape index (κ2) is 9.06. The molecule has 0 aliphatic heterocycles. The molecule has 180 valence electrons. The summed E-state index contributed by atoms with van der Waals surface area (Å²) >= 11 is 0. The average Bonchev–Trinajstić information content (AvgIpc) is 3.27. The maximum atomic E-state index is 13.1. The Morgan fingerprint density at radius 3 is 2.67 bits per heavy atom. The first-order chi connectivity index (χ1) is 17.4. The molecule has 10 heteroatoms. The van der Waals surface area contributed by atoms with Crippen molar-refractivity contribution in [3.63, 3.8) is 0 Å². The van der Waals surface area contributed by atoms with Gasteiger partial charge in [0.15, 0.2) is 5.65 Å². The minimum absolute atomic E-state index is 0.00813. The van der Waals surface area contributed by atoms with Crippen LogP contribution >= 0.6 is 0 Å². The topological polar surface area (TPSA) is 134 Å². The van der Waals surface area contributed by atoms with Crippen molar-refractivity contribution in [3.05, 3.63) is 93.2 Å². The van der Waals surface area contributed by atoms with E-state index in [1.807, 2.05) is 31.2 Å². The number of benzene rings is 1. The standard InChI is InChI=1S/C26H23N7O3/c1-14-9-21-31-15(2)22-23(34)19(13-29-24(22)33(21)32-14)26(36)30-12-16-7-8-20(28-11-16)17-5-4-6-18(10-17)25(35)27-3/h4-11,13H,12H2,1-3H3,(H,27,35)(H,29,34)(H,30,36). The number of hydrogen-bond acceptors (Lipinski definition) is 6. The molecular weight excluding hydrogens is 458 g/mol. The molecule has 0 saturated carbocycles. The van der Waals surface area contributed by atoms with Crippen molar-refractivity contribution in [2.24, 2.45) is 0 Å². The van der Waals surface area contributed by atoms with Crippen LogP contribution in [0.15, 0.2) is 59.7 Å². The molecule has 0 saturated heterocycles. The van der Waals surface area contributed by atoms with E-state index >= 15 is 0 Å². The van der Waals surface area contributed by atoms with Gasteiger partial charge in [-0.15, -0.1) is 0 Å². The Hall–Kier alpha value is -4.86. The summed E-state index contributed by atoms with van der Waals surface area (Å²) in [6, 6.07) is 12.7. The molecule has 2 amide bonds. The van der Waals surface area contributed by atoms with Gasteiger partial charge in [0, 0.05) is 43.2 Å². The fourth-order valence-electron chi connectivity index (χ4n) is 4.09. The quantitative estimate of drug-likeness (QED) is 0.353. The normalized spacial score (nSPS) is 11.1. The lowest BCUT2D eigenvalue weighted by molar-refractivity contribution is 0.0946. The summed E-state index contributed by atoms with van der Waals surface area (Å²) in [7, 11) is 1.58. The van der Waals surface area contributed by atoms with Crippen LogP contribution in [0.25, 0.3) is 27.9 Å². The van der Waals surface area contributed by atoms with Crippen molar-refractivity contribution in [1.29, 1.82) is 0 Å². The van der Waals surface area contributed by atoms with Gasteiger partial charge in [-0.1, -0.05) is 18.2 Å². The highest BCUT2D eigenvalue weighted by Crippen LogP contribution is 2.19. The largest absolute Gasteiger partial charge is 0.355 e. The van der Waals surface area contributed by atoms with Crippen LogP contribution in [-0.4, -0.2) is 43.4 Å². The molecule has 0 aliphatic carbocycles. The highest BCUT2D eigenvalue weighted by Gasteiger charge is 2.18. The molecule has 4 heterocycles. The van der Waals surface area contributed by atoms with E-state index in [9.17, 15) is 14.4 Å². The molecule has 5 aromatic rings. The van der Waals surface area contributed by atoms with Gasteiger partial charge in [-0.05, 0) is 37.6 Å². The second-order valence-corrected chi connectivity index (χ2v) is 8.40. The number of fused-ring (bicyclic) bond motifs is 3. The van der Waals surface area contributed by atoms with Gasteiger partial charge in [0.2, 0.25) is 5.43 Å². The highest BCUT2D eigenvalue weighted by atomic mass is 16.2. The minimum Gasteiger partial charge on any atom is -0.355 e. The first kappa shape index (κ1) is 22.9. The molecular formula is C26H23N7O3. The van der Waals surface area contributed by atoms with Crippen molar-refractivity contribution in [2.75, 3.05) is 7.05 Å². The maximum absolute atomic E-state index is 13.1. The maximum Gasteiger partial charge on any atom is 0.257 e.